The van der Waals surface area contributed by atoms with E-state index in [-0.39, 0.29) is 5.56 Å². The van der Waals surface area contributed by atoms with Gasteiger partial charge in [0.25, 0.3) is 0 Å². The summed E-state index contributed by atoms with van der Waals surface area (Å²) in [5.41, 5.74) is 4.13. The number of hydrogen-bond acceptors (Lipinski definition) is 2. The van der Waals surface area contributed by atoms with E-state index in [0.29, 0.717) is 12.5 Å². The zero-order valence-corrected chi connectivity index (χ0v) is 10.2. The summed E-state index contributed by atoms with van der Waals surface area (Å²) in [5.74, 6) is -1.59. The maximum atomic E-state index is 13.8. The number of nitrogens with one attached hydrogen (secondary N) is 1. The first kappa shape index (κ1) is 13.0. The SMILES string of the molecule is CC(NCC1CC1)(C(N)=O)c1ccc(F)cc1F. The van der Waals surface area contributed by atoms with Crippen molar-refractivity contribution in [1.82, 2.24) is 5.32 Å². The molecule has 1 saturated carbocycles. The molecular formula is C13H16F2N2O. The Morgan fingerprint density at radius 2 is 2.17 bits per heavy atom. The van der Waals surface area contributed by atoms with Crippen LogP contribution in [0.15, 0.2) is 18.2 Å². The number of carbonyl (C=O) groups is 1. The summed E-state index contributed by atoms with van der Waals surface area (Å²) in [6.45, 7) is 2.13. The number of rotatable bonds is 5. The molecule has 98 valence electrons. The Morgan fingerprint density at radius 1 is 1.50 bits per heavy atom. The van der Waals surface area contributed by atoms with E-state index < -0.39 is 23.1 Å². The predicted molar refractivity (Wildman–Crippen MR) is 63.6 cm³/mol. The van der Waals surface area contributed by atoms with Gasteiger partial charge in [0, 0.05) is 11.6 Å². The molecule has 1 aromatic carbocycles. The zero-order valence-electron chi connectivity index (χ0n) is 10.2. The number of carbonyl (C=O) groups excluding carboxylic acids is 1. The van der Waals surface area contributed by atoms with Crippen LogP contribution in [-0.4, -0.2) is 12.5 Å². The van der Waals surface area contributed by atoms with Crippen molar-refractivity contribution in [3.63, 3.8) is 0 Å². The zero-order chi connectivity index (χ0) is 13.3. The Morgan fingerprint density at radius 3 is 2.67 bits per heavy atom. The van der Waals surface area contributed by atoms with Gasteiger partial charge >= 0.3 is 0 Å². The van der Waals surface area contributed by atoms with Gasteiger partial charge in [0.05, 0.1) is 0 Å². The van der Waals surface area contributed by atoms with Crippen LogP contribution in [0.2, 0.25) is 0 Å². The second-order valence-corrected chi connectivity index (χ2v) is 4.94. The van der Waals surface area contributed by atoms with E-state index in [1.165, 1.54) is 13.0 Å². The van der Waals surface area contributed by atoms with E-state index in [9.17, 15) is 13.6 Å². The number of hydrogen-bond donors (Lipinski definition) is 2. The summed E-state index contributed by atoms with van der Waals surface area (Å²) in [6.07, 6.45) is 2.21. The van der Waals surface area contributed by atoms with E-state index in [1.54, 1.807) is 0 Å². The molecule has 0 spiro atoms. The van der Waals surface area contributed by atoms with E-state index in [4.69, 9.17) is 5.73 Å². The maximum absolute atomic E-state index is 13.8. The summed E-state index contributed by atoms with van der Waals surface area (Å²) in [7, 11) is 0. The van der Waals surface area contributed by atoms with Gasteiger partial charge in [-0.15, -0.1) is 0 Å². The lowest BCUT2D eigenvalue weighted by Gasteiger charge is -2.28. The van der Waals surface area contributed by atoms with Crippen LogP contribution in [0.25, 0.3) is 0 Å². The Hall–Kier alpha value is -1.49. The van der Waals surface area contributed by atoms with Crippen molar-refractivity contribution >= 4 is 5.91 Å². The molecule has 2 rings (SSSR count). The molecule has 3 nitrogen and oxygen atoms in total. The first-order chi connectivity index (χ1) is 8.43. The summed E-state index contributed by atoms with van der Waals surface area (Å²) in [5, 5.41) is 3.00. The molecule has 1 unspecified atom stereocenters. The van der Waals surface area contributed by atoms with Crippen LogP contribution in [0, 0.1) is 17.6 Å². The molecule has 1 amide bonds. The fourth-order valence-corrected chi connectivity index (χ4v) is 1.88. The summed E-state index contributed by atoms with van der Waals surface area (Å²) >= 11 is 0. The van der Waals surface area contributed by atoms with Gasteiger partial charge in [0.1, 0.15) is 17.2 Å². The van der Waals surface area contributed by atoms with Crippen molar-refractivity contribution in [2.45, 2.75) is 25.3 Å². The standard InChI is InChI=1S/C13H16F2N2O/c1-13(12(16)18,17-7-8-2-3-8)10-5-4-9(14)6-11(10)15/h4-6,8,17H,2-3,7H2,1H3,(H2,16,18). The molecule has 0 aromatic heterocycles. The quantitative estimate of drug-likeness (QED) is 0.839. The smallest absolute Gasteiger partial charge is 0.242 e. The maximum Gasteiger partial charge on any atom is 0.242 e. The van der Waals surface area contributed by atoms with Crippen LogP contribution in [0.4, 0.5) is 8.78 Å². The highest BCUT2D eigenvalue weighted by Gasteiger charge is 2.37. The van der Waals surface area contributed by atoms with Gasteiger partial charge in [-0.2, -0.15) is 0 Å². The van der Waals surface area contributed by atoms with Crippen molar-refractivity contribution < 1.29 is 13.6 Å². The molecule has 0 heterocycles. The molecule has 1 fully saturated rings. The first-order valence-corrected chi connectivity index (χ1v) is 5.94. The highest BCUT2D eigenvalue weighted by atomic mass is 19.1. The van der Waals surface area contributed by atoms with Crippen molar-refractivity contribution in [3.8, 4) is 0 Å². The van der Waals surface area contributed by atoms with Gasteiger partial charge in [-0.3, -0.25) is 10.1 Å². The van der Waals surface area contributed by atoms with Gasteiger partial charge in [0.2, 0.25) is 5.91 Å². The molecule has 5 heteroatoms. The minimum Gasteiger partial charge on any atom is -0.368 e. The van der Waals surface area contributed by atoms with Gasteiger partial charge in [-0.1, -0.05) is 6.07 Å². The average Bonchev–Trinajstić information content (AvgIpc) is 3.09. The van der Waals surface area contributed by atoms with Crippen LogP contribution in [0.1, 0.15) is 25.3 Å². The highest BCUT2D eigenvalue weighted by Crippen LogP contribution is 2.30. The number of amides is 1. The van der Waals surface area contributed by atoms with Gasteiger partial charge in [-0.05, 0) is 38.3 Å². The number of benzene rings is 1. The number of halogens is 2. The minimum absolute atomic E-state index is 0.0806. The van der Waals surface area contributed by atoms with Crippen LogP contribution in [0.5, 0.6) is 0 Å². The van der Waals surface area contributed by atoms with E-state index >= 15 is 0 Å². The van der Waals surface area contributed by atoms with Crippen molar-refractivity contribution in [3.05, 3.63) is 35.4 Å². The van der Waals surface area contributed by atoms with E-state index in [2.05, 4.69) is 5.32 Å². The lowest BCUT2D eigenvalue weighted by atomic mass is 9.90. The van der Waals surface area contributed by atoms with Crippen molar-refractivity contribution in [1.29, 1.82) is 0 Å². The van der Waals surface area contributed by atoms with Crippen molar-refractivity contribution in [2.75, 3.05) is 6.54 Å². The van der Waals surface area contributed by atoms with E-state index in [1.807, 2.05) is 0 Å². The number of nitrogens with two attached hydrogens (primary N) is 1. The minimum atomic E-state index is -1.31. The molecule has 0 saturated heterocycles. The average molecular weight is 254 g/mol. The second-order valence-electron chi connectivity index (χ2n) is 4.94. The van der Waals surface area contributed by atoms with Crippen molar-refractivity contribution in [2.24, 2.45) is 11.7 Å². The Labute approximate surface area is 104 Å². The van der Waals surface area contributed by atoms with Crippen LogP contribution in [-0.2, 0) is 10.3 Å². The first-order valence-electron chi connectivity index (χ1n) is 5.94. The molecule has 0 bridgehead atoms. The molecule has 0 aliphatic heterocycles. The van der Waals surface area contributed by atoms with E-state index in [0.717, 1.165) is 25.0 Å². The van der Waals surface area contributed by atoms with Gasteiger partial charge in [0.15, 0.2) is 0 Å². The van der Waals surface area contributed by atoms with Gasteiger partial charge < -0.3 is 5.73 Å². The second kappa shape index (κ2) is 4.65. The molecule has 3 N–H and O–H groups in total. The molecule has 0 radical (unpaired) electrons. The predicted octanol–water partition coefficient (Wildman–Crippen LogP) is 1.66. The monoisotopic (exact) mass is 254 g/mol. The fraction of sp³-hybridized carbons (Fsp3) is 0.462. The molecule has 1 aliphatic rings. The largest absolute Gasteiger partial charge is 0.368 e. The third-order valence-electron chi connectivity index (χ3n) is 3.40. The topological polar surface area (TPSA) is 55.1 Å². The Bertz CT molecular complexity index is 474. The van der Waals surface area contributed by atoms with Crippen LogP contribution < -0.4 is 11.1 Å². The molecule has 18 heavy (non-hydrogen) atoms. The lowest BCUT2D eigenvalue weighted by Crippen LogP contribution is -2.51. The summed E-state index contributed by atoms with van der Waals surface area (Å²) < 4.78 is 26.6. The van der Waals surface area contributed by atoms with Crippen LogP contribution >= 0.6 is 0 Å². The molecule has 1 aromatic rings. The molecule has 1 aliphatic carbocycles. The third-order valence-corrected chi connectivity index (χ3v) is 3.40. The normalized spacial score (nSPS) is 18.4. The highest BCUT2D eigenvalue weighted by molar-refractivity contribution is 5.85. The number of primary amides is 1. The lowest BCUT2D eigenvalue weighted by molar-refractivity contribution is -0.124. The van der Waals surface area contributed by atoms with Gasteiger partial charge in [-0.25, -0.2) is 8.78 Å². The van der Waals surface area contributed by atoms with Crippen LogP contribution in [0.3, 0.4) is 0 Å². The molecule has 1 atom stereocenters. The Balaban J connectivity index is 2.29. The Kier molecular flexibility index (Phi) is 3.34. The summed E-state index contributed by atoms with van der Waals surface area (Å²) in [4.78, 5) is 11.6. The fourth-order valence-electron chi connectivity index (χ4n) is 1.88. The third kappa shape index (κ3) is 2.51. The molecular weight excluding hydrogens is 238 g/mol. The summed E-state index contributed by atoms with van der Waals surface area (Å²) in [6, 6.07) is 3.14.